The molecule has 2 nitrogen and oxygen atoms in total. The summed E-state index contributed by atoms with van der Waals surface area (Å²) in [7, 11) is 0. The Morgan fingerprint density at radius 3 is 2.18 bits per heavy atom. The van der Waals surface area contributed by atoms with E-state index in [0.717, 1.165) is 0 Å². The van der Waals surface area contributed by atoms with Crippen molar-refractivity contribution in [3.05, 3.63) is 0 Å². The van der Waals surface area contributed by atoms with Crippen molar-refractivity contribution in [3.8, 4) is 0 Å². The van der Waals surface area contributed by atoms with Gasteiger partial charge in [-0.1, -0.05) is 6.92 Å². The highest BCUT2D eigenvalue weighted by Gasteiger charge is 2.41. The fourth-order valence-corrected chi connectivity index (χ4v) is 4.62. The lowest BCUT2D eigenvalue weighted by atomic mass is 10.3. The van der Waals surface area contributed by atoms with Crippen LogP contribution in [0.25, 0.3) is 0 Å². The van der Waals surface area contributed by atoms with E-state index < -0.39 is 0 Å². The lowest BCUT2D eigenvalue weighted by molar-refractivity contribution is -0.117. The summed E-state index contributed by atoms with van der Waals surface area (Å²) >= 11 is 3.49. The average molecular weight is 191 g/mol. The molecule has 1 fully saturated rings. The molecule has 1 aliphatic rings. The van der Waals surface area contributed by atoms with Crippen LogP contribution in [0.2, 0.25) is 0 Å². The van der Waals surface area contributed by atoms with E-state index in [1.54, 1.807) is 11.8 Å². The fourth-order valence-electron chi connectivity index (χ4n) is 1.23. The van der Waals surface area contributed by atoms with Crippen LogP contribution in [0, 0.1) is 0 Å². The number of rotatable bonds is 1. The zero-order valence-electron chi connectivity index (χ0n) is 6.96. The Hall–Kier alpha value is 0.170. The standard InChI is InChI=1S/C7H13NOS2/c1-4-5(6(8)9)11-7(2,3)10-4/h4-5H,1-3H3,(H2,8,9). The van der Waals surface area contributed by atoms with Crippen molar-refractivity contribution in [1.82, 2.24) is 0 Å². The van der Waals surface area contributed by atoms with Gasteiger partial charge in [0, 0.05) is 5.25 Å². The molecule has 11 heavy (non-hydrogen) atoms. The van der Waals surface area contributed by atoms with Gasteiger partial charge in [0.1, 0.15) is 0 Å². The largest absolute Gasteiger partial charge is 0.369 e. The maximum Gasteiger partial charge on any atom is 0.231 e. The topological polar surface area (TPSA) is 43.1 Å². The van der Waals surface area contributed by atoms with Crippen LogP contribution < -0.4 is 5.73 Å². The number of hydrogen-bond acceptors (Lipinski definition) is 3. The second kappa shape index (κ2) is 2.90. The molecule has 2 N–H and O–H groups in total. The number of thioether (sulfide) groups is 2. The highest BCUT2D eigenvalue weighted by Crippen LogP contribution is 2.51. The zero-order chi connectivity index (χ0) is 8.65. The Kier molecular flexibility index (Phi) is 2.44. The molecule has 0 aliphatic carbocycles. The molecule has 1 aliphatic heterocycles. The zero-order valence-corrected chi connectivity index (χ0v) is 8.59. The molecular weight excluding hydrogens is 178 g/mol. The first-order valence-electron chi connectivity index (χ1n) is 3.57. The predicted molar refractivity (Wildman–Crippen MR) is 51.7 cm³/mol. The summed E-state index contributed by atoms with van der Waals surface area (Å²) in [5, 5.41) is 0.350. The summed E-state index contributed by atoms with van der Waals surface area (Å²) in [6, 6.07) is 0. The monoisotopic (exact) mass is 191 g/mol. The lowest BCUT2D eigenvalue weighted by Gasteiger charge is -2.13. The Bertz CT molecular complexity index is 181. The van der Waals surface area contributed by atoms with Gasteiger partial charge in [0.25, 0.3) is 0 Å². The van der Waals surface area contributed by atoms with Crippen LogP contribution in [0.4, 0.5) is 0 Å². The van der Waals surface area contributed by atoms with E-state index in [1.165, 1.54) is 0 Å². The number of amides is 1. The molecule has 2 unspecified atom stereocenters. The SMILES string of the molecule is CC1SC(C)(C)SC1C(N)=O. The van der Waals surface area contributed by atoms with Gasteiger partial charge in [0.2, 0.25) is 5.91 Å². The summed E-state index contributed by atoms with van der Waals surface area (Å²) < 4.78 is 0.152. The third kappa shape index (κ3) is 2.06. The minimum absolute atomic E-state index is 0.00463. The van der Waals surface area contributed by atoms with Crippen LogP contribution in [-0.2, 0) is 4.79 Å². The van der Waals surface area contributed by atoms with E-state index >= 15 is 0 Å². The predicted octanol–water partition coefficient (Wildman–Crippen LogP) is 1.44. The summed E-state index contributed by atoms with van der Waals surface area (Å²) in [5.74, 6) is -0.180. The summed E-state index contributed by atoms with van der Waals surface area (Å²) in [5.41, 5.74) is 5.24. The van der Waals surface area contributed by atoms with E-state index in [-0.39, 0.29) is 15.2 Å². The minimum Gasteiger partial charge on any atom is -0.369 e. The van der Waals surface area contributed by atoms with Crippen molar-refractivity contribution < 1.29 is 4.79 Å². The summed E-state index contributed by atoms with van der Waals surface area (Å²) in [4.78, 5) is 10.9. The maximum absolute atomic E-state index is 10.9. The second-order valence-electron chi connectivity index (χ2n) is 3.16. The highest BCUT2D eigenvalue weighted by atomic mass is 32.2. The molecule has 1 rings (SSSR count). The maximum atomic E-state index is 10.9. The first kappa shape index (κ1) is 9.26. The van der Waals surface area contributed by atoms with Crippen molar-refractivity contribution in [2.75, 3.05) is 0 Å². The van der Waals surface area contributed by atoms with Gasteiger partial charge in [-0.25, -0.2) is 0 Å². The third-order valence-corrected chi connectivity index (χ3v) is 5.01. The molecule has 1 saturated heterocycles. The van der Waals surface area contributed by atoms with Crippen LogP contribution in [0.15, 0.2) is 0 Å². The molecule has 0 saturated carbocycles. The molecule has 4 heteroatoms. The molecule has 0 spiro atoms. The Morgan fingerprint density at radius 2 is 2.00 bits per heavy atom. The molecule has 1 heterocycles. The molecule has 0 aromatic carbocycles. The van der Waals surface area contributed by atoms with Crippen LogP contribution >= 0.6 is 23.5 Å². The van der Waals surface area contributed by atoms with Gasteiger partial charge < -0.3 is 5.73 Å². The van der Waals surface area contributed by atoms with Gasteiger partial charge in [0.05, 0.1) is 9.33 Å². The Balaban J connectivity index is 2.66. The van der Waals surface area contributed by atoms with Crippen LogP contribution in [0.3, 0.4) is 0 Å². The summed E-state index contributed by atoms with van der Waals surface area (Å²) in [6.45, 7) is 6.31. The quantitative estimate of drug-likeness (QED) is 0.682. The van der Waals surface area contributed by atoms with Crippen molar-refractivity contribution in [2.45, 2.75) is 35.4 Å². The number of carbonyl (C=O) groups excluding carboxylic acids is 1. The average Bonchev–Trinajstić information content (AvgIpc) is 2.05. The van der Waals surface area contributed by atoms with Gasteiger partial charge in [0.15, 0.2) is 0 Å². The van der Waals surface area contributed by atoms with Gasteiger partial charge in [-0.05, 0) is 13.8 Å². The number of carbonyl (C=O) groups is 1. The van der Waals surface area contributed by atoms with Gasteiger partial charge in [-0.3, -0.25) is 4.79 Å². The van der Waals surface area contributed by atoms with E-state index in [4.69, 9.17) is 5.73 Å². The van der Waals surface area contributed by atoms with Crippen molar-refractivity contribution in [1.29, 1.82) is 0 Å². The van der Waals surface area contributed by atoms with E-state index in [1.807, 2.05) is 11.8 Å². The third-order valence-electron chi connectivity index (χ3n) is 1.59. The molecule has 0 aromatic heterocycles. The number of primary amides is 1. The van der Waals surface area contributed by atoms with E-state index in [9.17, 15) is 4.79 Å². The minimum atomic E-state index is -0.180. The molecule has 0 radical (unpaired) electrons. The molecule has 0 aromatic rings. The molecule has 2 atom stereocenters. The van der Waals surface area contributed by atoms with Gasteiger partial charge in [-0.2, -0.15) is 0 Å². The second-order valence-corrected chi connectivity index (χ2v) is 7.19. The highest BCUT2D eigenvalue weighted by molar-refractivity contribution is 8.22. The first-order valence-corrected chi connectivity index (χ1v) is 5.33. The van der Waals surface area contributed by atoms with E-state index in [0.29, 0.717) is 5.25 Å². The van der Waals surface area contributed by atoms with Crippen LogP contribution in [0.1, 0.15) is 20.8 Å². The van der Waals surface area contributed by atoms with Crippen LogP contribution in [-0.4, -0.2) is 20.5 Å². The van der Waals surface area contributed by atoms with Crippen molar-refractivity contribution in [3.63, 3.8) is 0 Å². The Morgan fingerprint density at radius 1 is 1.45 bits per heavy atom. The van der Waals surface area contributed by atoms with E-state index in [2.05, 4.69) is 20.8 Å². The molecule has 0 bridgehead atoms. The molecule has 64 valence electrons. The van der Waals surface area contributed by atoms with Crippen LogP contribution in [0.5, 0.6) is 0 Å². The number of nitrogens with two attached hydrogens (primary N) is 1. The van der Waals surface area contributed by atoms with Gasteiger partial charge in [-0.15, -0.1) is 23.5 Å². The Labute approximate surface area is 75.7 Å². The molecular formula is C7H13NOS2. The van der Waals surface area contributed by atoms with Crippen molar-refractivity contribution in [2.24, 2.45) is 5.73 Å². The van der Waals surface area contributed by atoms with Gasteiger partial charge >= 0.3 is 0 Å². The lowest BCUT2D eigenvalue weighted by Crippen LogP contribution is -2.30. The smallest absolute Gasteiger partial charge is 0.231 e. The molecule has 1 amide bonds. The fraction of sp³-hybridized carbons (Fsp3) is 0.857. The number of hydrogen-bond donors (Lipinski definition) is 1. The van der Waals surface area contributed by atoms with Crippen molar-refractivity contribution >= 4 is 29.4 Å². The first-order chi connectivity index (χ1) is 4.92. The normalized spacial score (nSPS) is 35.5. The summed E-state index contributed by atoms with van der Waals surface area (Å²) in [6.07, 6.45) is 0.